The summed E-state index contributed by atoms with van der Waals surface area (Å²) in [5.74, 6) is 0. The molecule has 0 spiro atoms. The first-order chi connectivity index (χ1) is 6.74. The van der Waals surface area contributed by atoms with Crippen LogP contribution >= 0.6 is 0 Å². The molecule has 68 valence electrons. The first-order valence-electron chi connectivity index (χ1n) is 4.09. The number of aldehydes is 1. The zero-order valence-electron chi connectivity index (χ0n) is 7.74. The quantitative estimate of drug-likeness (QED) is 0.657. The van der Waals surface area contributed by atoms with Crippen molar-refractivity contribution in [3.05, 3.63) is 34.4 Å². The normalized spacial score (nSPS) is 8.79. The standard InChI is InChI=1S/C11H8N2O/c1-8-9(4-5-12)2-3-10(7-14)11(8)6-13/h2-3,7H,4H2,1H3. The second kappa shape index (κ2) is 4.20. The van der Waals surface area contributed by atoms with Gasteiger partial charge in [-0.05, 0) is 18.1 Å². The fourth-order valence-electron chi connectivity index (χ4n) is 1.30. The van der Waals surface area contributed by atoms with Crippen LogP contribution in [0, 0.1) is 29.6 Å². The van der Waals surface area contributed by atoms with E-state index in [1.165, 1.54) is 0 Å². The summed E-state index contributed by atoms with van der Waals surface area (Å²) >= 11 is 0. The van der Waals surface area contributed by atoms with E-state index in [0.29, 0.717) is 17.4 Å². The molecule has 0 radical (unpaired) electrons. The number of rotatable bonds is 2. The van der Waals surface area contributed by atoms with Gasteiger partial charge in [-0.3, -0.25) is 4.79 Å². The van der Waals surface area contributed by atoms with E-state index >= 15 is 0 Å². The fraction of sp³-hybridized carbons (Fsp3) is 0.182. The second-order valence-electron chi connectivity index (χ2n) is 2.88. The van der Waals surface area contributed by atoms with Gasteiger partial charge in [-0.1, -0.05) is 12.1 Å². The molecule has 3 heteroatoms. The Hall–Kier alpha value is -2.13. The average molecular weight is 184 g/mol. The summed E-state index contributed by atoms with van der Waals surface area (Å²) in [5.41, 5.74) is 2.27. The predicted molar refractivity (Wildman–Crippen MR) is 50.6 cm³/mol. The van der Waals surface area contributed by atoms with Crippen molar-refractivity contribution in [1.82, 2.24) is 0 Å². The molecule has 1 aromatic carbocycles. The van der Waals surface area contributed by atoms with Crippen molar-refractivity contribution in [3.8, 4) is 12.1 Å². The van der Waals surface area contributed by atoms with Gasteiger partial charge < -0.3 is 0 Å². The van der Waals surface area contributed by atoms with Crippen LogP contribution in [0.3, 0.4) is 0 Å². The molecule has 0 saturated heterocycles. The molecule has 0 saturated carbocycles. The van der Waals surface area contributed by atoms with Gasteiger partial charge in [0, 0.05) is 5.56 Å². The molecule has 3 nitrogen and oxygen atoms in total. The summed E-state index contributed by atoms with van der Waals surface area (Å²) in [5, 5.41) is 17.4. The first-order valence-corrected chi connectivity index (χ1v) is 4.09. The monoisotopic (exact) mass is 184 g/mol. The van der Waals surface area contributed by atoms with Gasteiger partial charge in [0.05, 0.1) is 18.1 Å². The Labute approximate surface area is 82.2 Å². The molecule has 0 aromatic heterocycles. The molecule has 1 aromatic rings. The Kier molecular flexibility index (Phi) is 2.99. The van der Waals surface area contributed by atoms with E-state index in [2.05, 4.69) is 0 Å². The lowest BCUT2D eigenvalue weighted by molar-refractivity contribution is 0.112. The fourth-order valence-corrected chi connectivity index (χ4v) is 1.30. The van der Waals surface area contributed by atoms with Crippen LogP contribution in [0.25, 0.3) is 0 Å². The SMILES string of the molecule is Cc1c(CC#N)ccc(C=O)c1C#N. The van der Waals surface area contributed by atoms with Gasteiger partial charge in [0.1, 0.15) is 6.07 Å². The zero-order chi connectivity index (χ0) is 10.6. The maximum Gasteiger partial charge on any atom is 0.151 e. The molecular formula is C11H8N2O. The lowest BCUT2D eigenvalue weighted by Crippen LogP contribution is -1.96. The topological polar surface area (TPSA) is 64.7 Å². The molecule has 0 bridgehead atoms. The minimum absolute atomic E-state index is 0.264. The molecule has 14 heavy (non-hydrogen) atoms. The number of carbonyl (C=O) groups is 1. The highest BCUT2D eigenvalue weighted by Crippen LogP contribution is 2.16. The van der Waals surface area contributed by atoms with E-state index in [0.717, 1.165) is 11.1 Å². The minimum Gasteiger partial charge on any atom is -0.298 e. The van der Waals surface area contributed by atoms with Crippen molar-refractivity contribution in [1.29, 1.82) is 10.5 Å². The van der Waals surface area contributed by atoms with Crippen molar-refractivity contribution >= 4 is 6.29 Å². The Morgan fingerprint density at radius 1 is 1.43 bits per heavy atom. The number of hydrogen-bond donors (Lipinski definition) is 0. The zero-order valence-corrected chi connectivity index (χ0v) is 7.74. The average Bonchev–Trinajstić information content (AvgIpc) is 2.21. The van der Waals surface area contributed by atoms with Gasteiger partial charge in [0.25, 0.3) is 0 Å². The third-order valence-corrected chi connectivity index (χ3v) is 2.12. The highest BCUT2D eigenvalue weighted by molar-refractivity contribution is 5.80. The molecule has 0 amide bonds. The van der Waals surface area contributed by atoms with Gasteiger partial charge in [0.15, 0.2) is 6.29 Å². The summed E-state index contributed by atoms with van der Waals surface area (Å²) in [6, 6.07) is 7.27. The largest absolute Gasteiger partial charge is 0.298 e. The number of carbonyl (C=O) groups excluding carboxylic acids is 1. The molecule has 0 aliphatic carbocycles. The van der Waals surface area contributed by atoms with E-state index in [9.17, 15) is 4.79 Å². The van der Waals surface area contributed by atoms with Crippen LogP contribution in [0.4, 0.5) is 0 Å². The number of nitrogens with zero attached hydrogens (tertiary/aromatic N) is 2. The predicted octanol–water partition coefficient (Wildman–Crippen LogP) is 1.75. The van der Waals surface area contributed by atoms with Gasteiger partial charge in [-0.25, -0.2) is 0 Å². The van der Waals surface area contributed by atoms with Crippen LogP contribution in [0.2, 0.25) is 0 Å². The molecular weight excluding hydrogens is 176 g/mol. The summed E-state index contributed by atoms with van der Waals surface area (Å²) in [6.45, 7) is 1.75. The second-order valence-corrected chi connectivity index (χ2v) is 2.88. The molecule has 0 N–H and O–H groups in total. The third kappa shape index (κ3) is 1.62. The molecule has 0 heterocycles. The van der Waals surface area contributed by atoms with Gasteiger partial charge >= 0.3 is 0 Å². The van der Waals surface area contributed by atoms with E-state index < -0.39 is 0 Å². The maximum absolute atomic E-state index is 10.6. The Bertz CT molecular complexity index is 450. The highest BCUT2D eigenvalue weighted by atomic mass is 16.1. The summed E-state index contributed by atoms with van der Waals surface area (Å²) in [7, 11) is 0. The van der Waals surface area contributed by atoms with Crippen LogP contribution in [0.15, 0.2) is 12.1 Å². The number of hydrogen-bond acceptors (Lipinski definition) is 3. The molecule has 0 aliphatic rings. The molecule has 0 atom stereocenters. The van der Waals surface area contributed by atoms with Crippen molar-refractivity contribution < 1.29 is 4.79 Å². The van der Waals surface area contributed by atoms with Crippen LogP contribution in [0.1, 0.15) is 27.0 Å². The first kappa shape index (κ1) is 9.95. The third-order valence-electron chi connectivity index (χ3n) is 2.12. The molecule has 1 rings (SSSR count). The minimum atomic E-state index is 0.264. The molecule has 0 unspecified atom stereocenters. The van der Waals surface area contributed by atoms with E-state index in [1.54, 1.807) is 19.1 Å². The lowest BCUT2D eigenvalue weighted by Gasteiger charge is -2.05. The Morgan fingerprint density at radius 2 is 2.14 bits per heavy atom. The summed E-state index contributed by atoms with van der Waals surface area (Å²) < 4.78 is 0. The van der Waals surface area contributed by atoms with Crippen LogP contribution in [0.5, 0.6) is 0 Å². The van der Waals surface area contributed by atoms with Crippen LogP contribution in [-0.4, -0.2) is 6.29 Å². The van der Waals surface area contributed by atoms with Crippen molar-refractivity contribution in [3.63, 3.8) is 0 Å². The van der Waals surface area contributed by atoms with Crippen molar-refractivity contribution in [2.24, 2.45) is 0 Å². The molecule has 0 aliphatic heterocycles. The Balaban J connectivity index is 3.38. The summed E-state index contributed by atoms with van der Waals surface area (Å²) in [4.78, 5) is 10.6. The van der Waals surface area contributed by atoms with E-state index in [4.69, 9.17) is 10.5 Å². The molecule has 0 fully saturated rings. The van der Waals surface area contributed by atoms with E-state index in [1.807, 2.05) is 12.1 Å². The van der Waals surface area contributed by atoms with Gasteiger partial charge in [-0.2, -0.15) is 10.5 Å². The number of nitriles is 2. The Morgan fingerprint density at radius 3 is 2.64 bits per heavy atom. The highest BCUT2D eigenvalue weighted by Gasteiger charge is 2.08. The maximum atomic E-state index is 10.6. The van der Waals surface area contributed by atoms with E-state index in [-0.39, 0.29) is 6.42 Å². The van der Waals surface area contributed by atoms with Crippen LogP contribution in [-0.2, 0) is 6.42 Å². The van der Waals surface area contributed by atoms with Gasteiger partial charge in [-0.15, -0.1) is 0 Å². The smallest absolute Gasteiger partial charge is 0.151 e. The van der Waals surface area contributed by atoms with Crippen LogP contribution < -0.4 is 0 Å². The lowest BCUT2D eigenvalue weighted by atomic mass is 9.97. The van der Waals surface area contributed by atoms with Crippen molar-refractivity contribution in [2.45, 2.75) is 13.3 Å². The summed E-state index contributed by atoms with van der Waals surface area (Å²) in [6.07, 6.45) is 0.918. The van der Waals surface area contributed by atoms with Gasteiger partial charge in [0.2, 0.25) is 0 Å². The number of benzene rings is 1. The van der Waals surface area contributed by atoms with Crippen molar-refractivity contribution in [2.75, 3.05) is 0 Å².